The number of terminal acetylenes is 2. The van der Waals surface area contributed by atoms with Gasteiger partial charge >= 0.3 is 12.1 Å². The summed E-state index contributed by atoms with van der Waals surface area (Å²) in [6.45, 7) is 2.99. The minimum atomic E-state index is -0.969. The molecule has 0 bridgehead atoms. The Hall–Kier alpha value is -2.35. The lowest BCUT2D eigenvalue weighted by molar-refractivity contribution is -0.00295. The highest BCUT2D eigenvalue weighted by Crippen LogP contribution is 2.01. The molecule has 2 N–H and O–H groups in total. The Morgan fingerprint density at radius 1 is 1.37 bits per heavy atom. The van der Waals surface area contributed by atoms with E-state index in [9.17, 15) is 9.59 Å². The Balaban J connectivity index is 4.60. The molecule has 19 heavy (non-hydrogen) atoms. The Morgan fingerprint density at radius 3 is 2.47 bits per heavy atom. The van der Waals surface area contributed by atoms with Crippen molar-refractivity contribution in [3.63, 3.8) is 0 Å². The van der Waals surface area contributed by atoms with Crippen LogP contribution >= 0.6 is 0 Å². The SMILES string of the molecule is C#CCOCC(CN(C(N)=O)C(=O)N=C)OCC#C. The standard InChI is InChI=1S/C12H15N3O4/c1-4-6-18-9-10(19-7-5-2)8-15(11(13)16)12(17)14-3/h1-2,10H,3,6-9H2,(H2,13,16). The number of aliphatic imine (C=N–C) groups is 1. The number of amides is 4. The number of imide groups is 1. The second kappa shape index (κ2) is 9.66. The summed E-state index contributed by atoms with van der Waals surface area (Å²) < 4.78 is 10.3. The molecule has 1 atom stereocenters. The van der Waals surface area contributed by atoms with Crippen molar-refractivity contribution < 1.29 is 19.1 Å². The van der Waals surface area contributed by atoms with Crippen LogP contribution in [-0.4, -0.2) is 56.1 Å². The number of ether oxygens (including phenoxy) is 2. The first-order chi connectivity index (χ1) is 9.06. The zero-order valence-corrected chi connectivity index (χ0v) is 10.4. The molecule has 0 heterocycles. The van der Waals surface area contributed by atoms with Crippen molar-refractivity contribution in [1.29, 1.82) is 0 Å². The van der Waals surface area contributed by atoms with Gasteiger partial charge in [-0.1, -0.05) is 11.8 Å². The maximum Gasteiger partial charge on any atom is 0.351 e. The number of urea groups is 2. The van der Waals surface area contributed by atoms with E-state index in [1.165, 1.54) is 0 Å². The number of nitrogens with two attached hydrogens (primary N) is 1. The van der Waals surface area contributed by atoms with Crippen molar-refractivity contribution in [1.82, 2.24) is 4.90 Å². The van der Waals surface area contributed by atoms with Crippen LogP contribution in [0.5, 0.6) is 0 Å². The first-order valence-electron chi connectivity index (χ1n) is 5.20. The first-order valence-corrected chi connectivity index (χ1v) is 5.20. The molecule has 102 valence electrons. The number of primary amides is 1. The van der Waals surface area contributed by atoms with Gasteiger partial charge in [0, 0.05) is 0 Å². The molecule has 7 heteroatoms. The summed E-state index contributed by atoms with van der Waals surface area (Å²) in [7, 11) is 0. The molecule has 0 fully saturated rings. The molecule has 0 saturated carbocycles. The lowest BCUT2D eigenvalue weighted by Crippen LogP contribution is -2.45. The van der Waals surface area contributed by atoms with Gasteiger partial charge in [0.05, 0.1) is 13.2 Å². The topological polar surface area (TPSA) is 94.2 Å². The third kappa shape index (κ3) is 6.84. The maximum atomic E-state index is 11.3. The van der Waals surface area contributed by atoms with E-state index in [0.717, 1.165) is 0 Å². The molecule has 0 radical (unpaired) electrons. The van der Waals surface area contributed by atoms with Crippen LogP contribution in [0.2, 0.25) is 0 Å². The average molecular weight is 265 g/mol. The van der Waals surface area contributed by atoms with Crippen LogP contribution in [0.3, 0.4) is 0 Å². The quantitative estimate of drug-likeness (QED) is 0.393. The third-order valence-corrected chi connectivity index (χ3v) is 1.91. The molecule has 0 aliphatic heterocycles. The van der Waals surface area contributed by atoms with E-state index in [2.05, 4.69) is 23.6 Å². The molecule has 0 aromatic heterocycles. The van der Waals surface area contributed by atoms with Crippen LogP contribution in [0.1, 0.15) is 0 Å². The van der Waals surface area contributed by atoms with E-state index >= 15 is 0 Å². The summed E-state index contributed by atoms with van der Waals surface area (Å²) in [5, 5.41) is 0. The summed E-state index contributed by atoms with van der Waals surface area (Å²) in [4.78, 5) is 26.2. The van der Waals surface area contributed by atoms with Gasteiger partial charge in [-0.15, -0.1) is 12.8 Å². The van der Waals surface area contributed by atoms with Gasteiger partial charge in [0.25, 0.3) is 0 Å². The van der Waals surface area contributed by atoms with Crippen LogP contribution in [0, 0.1) is 24.7 Å². The second-order valence-corrected chi connectivity index (χ2v) is 3.25. The van der Waals surface area contributed by atoms with E-state index in [4.69, 9.17) is 28.1 Å². The summed E-state index contributed by atoms with van der Waals surface area (Å²) in [6, 6.07) is -1.84. The fraction of sp³-hybridized carbons (Fsp3) is 0.417. The van der Waals surface area contributed by atoms with Crippen LogP contribution in [-0.2, 0) is 9.47 Å². The minimum Gasteiger partial charge on any atom is -0.366 e. The van der Waals surface area contributed by atoms with Crippen molar-refractivity contribution in [2.45, 2.75) is 6.10 Å². The Kier molecular flexibility index (Phi) is 8.46. The molecule has 0 rings (SSSR count). The Bertz CT molecular complexity index is 408. The number of hydrogen-bond acceptors (Lipinski definition) is 4. The van der Waals surface area contributed by atoms with Gasteiger partial charge in [0.2, 0.25) is 0 Å². The molecule has 4 amide bonds. The van der Waals surface area contributed by atoms with Gasteiger partial charge in [-0.2, -0.15) is 0 Å². The van der Waals surface area contributed by atoms with Crippen molar-refractivity contribution in [3.05, 3.63) is 0 Å². The number of carbonyl (C=O) groups excluding carboxylic acids is 2. The fourth-order valence-electron chi connectivity index (χ4n) is 1.12. The molecule has 0 spiro atoms. The van der Waals surface area contributed by atoms with Crippen molar-refractivity contribution in [2.24, 2.45) is 10.7 Å². The molecule has 0 aromatic rings. The second-order valence-electron chi connectivity index (χ2n) is 3.25. The van der Waals surface area contributed by atoms with Crippen LogP contribution < -0.4 is 5.73 Å². The third-order valence-electron chi connectivity index (χ3n) is 1.91. The number of rotatable bonds is 7. The van der Waals surface area contributed by atoms with Gasteiger partial charge in [-0.3, -0.25) is 0 Å². The van der Waals surface area contributed by atoms with Crippen LogP contribution in [0.4, 0.5) is 9.59 Å². The fourth-order valence-corrected chi connectivity index (χ4v) is 1.12. The van der Waals surface area contributed by atoms with Gasteiger partial charge < -0.3 is 15.2 Å². The van der Waals surface area contributed by atoms with Crippen LogP contribution in [0.15, 0.2) is 4.99 Å². The van der Waals surface area contributed by atoms with Crippen molar-refractivity contribution in [2.75, 3.05) is 26.4 Å². The zero-order valence-electron chi connectivity index (χ0n) is 10.4. The molecule has 0 aromatic carbocycles. The number of nitrogens with zero attached hydrogens (tertiary/aromatic N) is 2. The predicted molar refractivity (Wildman–Crippen MR) is 69.5 cm³/mol. The van der Waals surface area contributed by atoms with E-state index in [1.54, 1.807) is 0 Å². The smallest absolute Gasteiger partial charge is 0.351 e. The Morgan fingerprint density at radius 2 is 2.00 bits per heavy atom. The summed E-state index contributed by atoms with van der Waals surface area (Å²) in [5.74, 6) is 4.53. The van der Waals surface area contributed by atoms with E-state index in [-0.39, 0.29) is 26.4 Å². The highest BCUT2D eigenvalue weighted by Gasteiger charge is 2.23. The monoisotopic (exact) mass is 265 g/mol. The van der Waals surface area contributed by atoms with Gasteiger partial charge in [-0.25, -0.2) is 19.5 Å². The molecule has 0 saturated heterocycles. The molecule has 0 aliphatic carbocycles. The number of hydrogen-bond donors (Lipinski definition) is 1. The van der Waals surface area contributed by atoms with E-state index < -0.39 is 18.2 Å². The highest BCUT2D eigenvalue weighted by molar-refractivity contribution is 5.94. The zero-order chi connectivity index (χ0) is 14.7. The summed E-state index contributed by atoms with van der Waals surface area (Å²) >= 11 is 0. The van der Waals surface area contributed by atoms with Gasteiger partial charge in [0.1, 0.15) is 19.3 Å². The molecule has 7 nitrogen and oxygen atoms in total. The normalized spacial score (nSPS) is 10.8. The predicted octanol–water partition coefficient (Wildman–Crippen LogP) is -0.144. The lowest BCUT2D eigenvalue weighted by Gasteiger charge is -2.22. The average Bonchev–Trinajstić information content (AvgIpc) is 2.40. The van der Waals surface area contributed by atoms with Gasteiger partial charge in [0.15, 0.2) is 0 Å². The van der Waals surface area contributed by atoms with Crippen molar-refractivity contribution in [3.8, 4) is 24.7 Å². The van der Waals surface area contributed by atoms with Gasteiger partial charge in [-0.05, 0) is 6.72 Å². The molecule has 1 unspecified atom stereocenters. The van der Waals surface area contributed by atoms with Crippen LogP contribution in [0.25, 0.3) is 0 Å². The first kappa shape index (κ1) is 16.6. The van der Waals surface area contributed by atoms with Crippen molar-refractivity contribution >= 4 is 18.8 Å². The lowest BCUT2D eigenvalue weighted by atomic mass is 10.3. The minimum absolute atomic E-state index is 0.00755. The largest absolute Gasteiger partial charge is 0.366 e. The summed E-state index contributed by atoms with van der Waals surface area (Å²) in [5.41, 5.74) is 5.05. The molecule has 0 aliphatic rings. The Labute approximate surface area is 111 Å². The maximum absolute atomic E-state index is 11.3. The molecular weight excluding hydrogens is 250 g/mol. The molecular formula is C12H15N3O4. The van der Waals surface area contributed by atoms with E-state index in [1.807, 2.05) is 0 Å². The van der Waals surface area contributed by atoms with E-state index in [0.29, 0.717) is 4.90 Å². The summed E-state index contributed by atoms with van der Waals surface area (Å²) in [6.07, 6.45) is 9.43. The highest BCUT2D eigenvalue weighted by atomic mass is 16.5. The number of carbonyl (C=O) groups is 2.